The summed E-state index contributed by atoms with van der Waals surface area (Å²) in [6, 6.07) is 77.1. The van der Waals surface area contributed by atoms with Crippen LogP contribution in [-0.2, 0) is 5.41 Å². The second-order valence-electron chi connectivity index (χ2n) is 16.6. The lowest BCUT2D eigenvalue weighted by molar-refractivity contribution is 0.794. The number of benzene rings is 9. The average Bonchev–Trinajstić information content (AvgIpc) is 3.98. The van der Waals surface area contributed by atoms with Gasteiger partial charge in [-0.15, -0.1) is 0 Å². The van der Waals surface area contributed by atoms with Crippen LogP contribution in [0.1, 0.15) is 27.8 Å². The van der Waals surface area contributed by atoms with Crippen LogP contribution in [0.15, 0.2) is 212 Å². The van der Waals surface area contributed by atoms with Gasteiger partial charge in [-0.1, -0.05) is 188 Å². The van der Waals surface area contributed by atoms with E-state index in [1.54, 1.807) is 0 Å². The Labute approximate surface area is 369 Å². The Balaban J connectivity index is 1.16. The van der Waals surface area contributed by atoms with Gasteiger partial charge in [-0.25, -0.2) is 15.0 Å². The minimum atomic E-state index is -0.497. The van der Waals surface area contributed by atoms with E-state index in [1.807, 2.05) is 84.9 Å². The third kappa shape index (κ3) is 5.02. The maximum Gasteiger partial charge on any atom is 0.166 e. The van der Waals surface area contributed by atoms with Gasteiger partial charge in [-0.05, 0) is 79.9 Å². The van der Waals surface area contributed by atoms with Crippen molar-refractivity contribution < 1.29 is 0 Å². The van der Waals surface area contributed by atoms with Gasteiger partial charge in [0, 0.05) is 27.5 Å². The second-order valence-corrected chi connectivity index (χ2v) is 16.6. The van der Waals surface area contributed by atoms with E-state index in [9.17, 15) is 5.26 Å². The molecule has 9 aromatic carbocycles. The third-order valence-electron chi connectivity index (χ3n) is 13.3. The molecule has 2 aliphatic carbocycles. The normalized spacial score (nSPS) is 12.8. The Morgan fingerprint density at radius 1 is 0.391 bits per heavy atom. The maximum atomic E-state index is 11.4. The number of hydrogen-bond acceptors (Lipinski definition) is 4. The van der Waals surface area contributed by atoms with Crippen molar-refractivity contribution in [1.29, 1.82) is 5.26 Å². The van der Waals surface area contributed by atoms with E-state index >= 15 is 0 Å². The van der Waals surface area contributed by atoms with Gasteiger partial charge >= 0.3 is 0 Å². The Hall–Kier alpha value is -8.72. The molecule has 0 bridgehead atoms. The molecule has 13 rings (SSSR count). The lowest BCUT2D eigenvalue weighted by Gasteiger charge is -2.30. The molecule has 2 aliphatic rings. The van der Waals surface area contributed by atoms with Gasteiger partial charge in [-0.3, -0.25) is 0 Å². The highest BCUT2D eigenvalue weighted by atomic mass is 15.1. The molecule has 0 saturated carbocycles. The largest absolute Gasteiger partial charge is 0.307 e. The molecule has 296 valence electrons. The van der Waals surface area contributed by atoms with E-state index in [-0.39, 0.29) is 0 Å². The van der Waals surface area contributed by atoms with E-state index < -0.39 is 5.41 Å². The van der Waals surface area contributed by atoms with Crippen molar-refractivity contribution in [3.8, 4) is 79.3 Å². The van der Waals surface area contributed by atoms with Gasteiger partial charge in [0.25, 0.3) is 0 Å². The Morgan fingerprint density at radius 2 is 0.891 bits per heavy atom. The van der Waals surface area contributed by atoms with Crippen LogP contribution < -0.4 is 0 Å². The topological polar surface area (TPSA) is 67.4 Å². The van der Waals surface area contributed by atoms with Crippen LogP contribution in [-0.4, -0.2) is 19.5 Å². The Bertz CT molecular complexity index is 3630. The van der Waals surface area contributed by atoms with Crippen molar-refractivity contribution in [1.82, 2.24) is 19.5 Å². The third-order valence-corrected chi connectivity index (χ3v) is 13.3. The summed E-state index contributed by atoms with van der Waals surface area (Å²) in [6.45, 7) is 0. The zero-order valence-corrected chi connectivity index (χ0v) is 34.4. The Kier molecular flexibility index (Phi) is 7.82. The van der Waals surface area contributed by atoms with Crippen LogP contribution in [0.4, 0.5) is 0 Å². The first-order valence-corrected chi connectivity index (χ1v) is 21.6. The molecule has 0 radical (unpaired) electrons. The standard InChI is InChI=1S/C59H35N5/c60-36-41-34-40(37-18-4-1-5-19-37)35-46(58-62-56(38-20-6-2-7-21-38)61-57(63-58)39-22-8-3-9-23-39)55(41)64-51-31-17-13-27-45(51)54-52(64)33-32-50-53(54)44-26-12-16-30-49(44)59(50)47-28-14-10-24-42(47)43-25-11-15-29-48(43)59/h1-35H. The fourth-order valence-electron chi connectivity index (χ4n) is 10.7. The second kappa shape index (κ2) is 13.9. The van der Waals surface area contributed by atoms with E-state index in [4.69, 9.17) is 15.0 Å². The van der Waals surface area contributed by atoms with Gasteiger partial charge in [-0.2, -0.15) is 5.26 Å². The van der Waals surface area contributed by atoms with Gasteiger partial charge in [0.05, 0.1) is 27.7 Å². The number of para-hydroxylation sites is 1. The molecule has 5 heteroatoms. The quantitative estimate of drug-likeness (QED) is 0.174. The molecule has 11 aromatic rings. The molecule has 5 nitrogen and oxygen atoms in total. The first-order chi connectivity index (χ1) is 31.7. The van der Waals surface area contributed by atoms with Gasteiger partial charge in [0.15, 0.2) is 17.5 Å². The summed E-state index contributed by atoms with van der Waals surface area (Å²) in [4.78, 5) is 15.6. The highest BCUT2D eigenvalue weighted by Crippen LogP contribution is 2.64. The predicted octanol–water partition coefficient (Wildman–Crippen LogP) is 13.9. The number of rotatable bonds is 5. The van der Waals surface area contributed by atoms with E-state index in [0.29, 0.717) is 23.0 Å². The number of hydrogen-bond donors (Lipinski definition) is 0. The first-order valence-electron chi connectivity index (χ1n) is 21.6. The lowest BCUT2D eigenvalue weighted by Crippen LogP contribution is -2.25. The van der Waals surface area contributed by atoms with Crippen LogP contribution in [0.3, 0.4) is 0 Å². The molecular formula is C59H35N5. The summed E-state index contributed by atoms with van der Waals surface area (Å²) < 4.78 is 2.28. The van der Waals surface area contributed by atoms with Crippen LogP contribution in [0.25, 0.3) is 95.0 Å². The molecule has 64 heavy (non-hydrogen) atoms. The minimum absolute atomic E-state index is 0.479. The fraction of sp³-hybridized carbons (Fsp3) is 0.0169. The fourth-order valence-corrected chi connectivity index (χ4v) is 10.7. The number of fused-ring (bicyclic) bond motifs is 14. The Morgan fingerprint density at radius 3 is 1.50 bits per heavy atom. The van der Waals surface area contributed by atoms with Crippen molar-refractivity contribution in [3.63, 3.8) is 0 Å². The molecule has 2 aromatic heterocycles. The van der Waals surface area contributed by atoms with Gasteiger partial charge in [0.1, 0.15) is 6.07 Å². The number of aromatic nitrogens is 4. The number of nitriles is 1. The molecule has 1 spiro atoms. The summed E-state index contributed by atoms with van der Waals surface area (Å²) in [7, 11) is 0. The molecule has 0 amide bonds. The predicted molar refractivity (Wildman–Crippen MR) is 257 cm³/mol. The minimum Gasteiger partial charge on any atom is -0.307 e. The molecule has 0 atom stereocenters. The highest BCUT2D eigenvalue weighted by Gasteiger charge is 2.52. The lowest BCUT2D eigenvalue weighted by atomic mass is 9.70. The molecule has 0 aliphatic heterocycles. The molecular weight excluding hydrogens is 779 g/mol. The molecule has 2 heterocycles. The van der Waals surface area contributed by atoms with Crippen LogP contribution in [0.2, 0.25) is 0 Å². The zero-order chi connectivity index (χ0) is 42.4. The summed E-state index contributed by atoms with van der Waals surface area (Å²) in [5, 5.41) is 13.6. The van der Waals surface area contributed by atoms with Gasteiger partial charge < -0.3 is 4.57 Å². The van der Waals surface area contributed by atoms with Gasteiger partial charge in [0.2, 0.25) is 0 Å². The monoisotopic (exact) mass is 813 g/mol. The van der Waals surface area contributed by atoms with Crippen molar-refractivity contribution in [3.05, 3.63) is 240 Å². The van der Waals surface area contributed by atoms with E-state index in [2.05, 4.69) is 138 Å². The summed E-state index contributed by atoms with van der Waals surface area (Å²) >= 11 is 0. The van der Waals surface area contributed by atoms with Crippen molar-refractivity contribution in [2.45, 2.75) is 5.41 Å². The molecule has 0 unspecified atom stereocenters. The van der Waals surface area contributed by atoms with Crippen LogP contribution >= 0.6 is 0 Å². The summed E-state index contributed by atoms with van der Waals surface area (Å²) in [5.74, 6) is 1.59. The summed E-state index contributed by atoms with van der Waals surface area (Å²) in [6.07, 6.45) is 0. The first kappa shape index (κ1) is 36.0. The smallest absolute Gasteiger partial charge is 0.166 e. The maximum absolute atomic E-state index is 11.4. The van der Waals surface area contributed by atoms with E-state index in [0.717, 1.165) is 55.3 Å². The SMILES string of the molecule is N#Cc1cc(-c2ccccc2)cc(-c2nc(-c3ccccc3)nc(-c3ccccc3)n2)c1-n1c2ccccc2c2c3c(ccc21)C1(c2ccccc2-c2ccccc21)c1ccccc1-3. The average molecular weight is 814 g/mol. The van der Waals surface area contributed by atoms with Crippen molar-refractivity contribution in [2.75, 3.05) is 0 Å². The van der Waals surface area contributed by atoms with Crippen molar-refractivity contribution in [2.24, 2.45) is 0 Å². The molecule has 0 saturated heterocycles. The number of nitrogens with zero attached hydrogens (tertiary/aromatic N) is 5. The highest BCUT2D eigenvalue weighted by molar-refractivity contribution is 6.19. The van der Waals surface area contributed by atoms with Crippen LogP contribution in [0, 0.1) is 11.3 Å². The van der Waals surface area contributed by atoms with Crippen molar-refractivity contribution >= 4 is 21.8 Å². The zero-order valence-electron chi connectivity index (χ0n) is 34.4. The molecule has 0 N–H and O–H groups in total. The summed E-state index contributed by atoms with van der Waals surface area (Å²) in [5.41, 5.74) is 17.2. The van der Waals surface area contributed by atoms with Crippen LogP contribution in [0.5, 0.6) is 0 Å². The molecule has 0 fully saturated rings. The van der Waals surface area contributed by atoms with E-state index in [1.165, 1.54) is 44.5 Å².